The van der Waals surface area contributed by atoms with Gasteiger partial charge < -0.3 is 4.90 Å². The molecule has 0 amide bonds. The summed E-state index contributed by atoms with van der Waals surface area (Å²) in [5.74, 6) is 5.57. The van der Waals surface area contributed by atoms with E-state index in [1.807, 2.05) is 12.1 Å². The highest BCUT2D eigenvalue weighted by Gasteiger charge is 2.24. The number of nitro groups is 1. The molecule has 10 heteroatoms. The van der Waals surface area contributed by atoms with E-state index in [0.717, 1.165) is 26.2 Å². The molecule has 0 atom stereocenters. The highest BCUT2D eigenvalue weighted by molar-refractivity contribution is 5.60. The fourth-order valence-corrected chi connectivity index (χ4v) is 2.00. The predicted molar refractivity (Wildman–Crippen MR) is 73.9 cm³/mol. The number of aryl methyl sites for hydroxylation is 1. The van der Waals surface area contributed by atoms with Crippen LogP contribution < -0.4 is 16.7 Å². The van der Waals surface area contributed by atoms with E-state index in [2.05, 4.69) is 25.7 Å². The van der Waals surface area contributed by atoms with Crippen LogP contribution in [0.15, 0.2) is 0 Å². The molecule has 0 spiro atoms. The number of piperazine rings is 1. The number of anilines is 2. The Morgan fingerprint density at radius 2 is 1.95 bits per heavy atom. The largest absolute Gasteiger partial charge is 0.333 e. The first-order valence-electron chi connectivity index (χ1n) is 6.21. The summed E-state index contributed by atoms with van der Waals surface area (Å²) in [6.07, 6.45) is 0. The van der Waals surface area contributed by atoms with E-state index in [4.69, 9.17) is 5.84 Å². The minimum absolute atomic E-state index is 0.136. The maximum absolute atomic E-state index is 11.1. The second-order valence-electron chi connectivity index (χ2n) is 4.63. The van der Waals surface area contributed by atoms with Crippen LogP contribution in [0.4, 0.5) is 17.5 Å². The number of hydrogen-bond donors (Lipinski definition) is 3. The van der Waals surface area contributed by atoms with E-state index >= 15 is 0 Å². The maximum Gasteiger partial charge on any atom is 0.333 e. The van der Waals surface area contributed by atoms with Crippen LogP contribution in [0, 0.1) is 17.0 Å². The Bertz CT molecular complexity index is 500. The van der Waals surface area contributed by atoms with Crippen molar-refractivity contribution in [2.24, 2.45) is 5.84 Å². The van der Waals surface area contributed by atoms with Gasteiger partial charge in [-0.25, -0.2) is 15.8 Å². The molecule has 0 aliphatic carbocycles. The molecule has 110 valence electrons. The number of nitrogens with one attached hydrogen (secondary N) is 2. The number of hydrazine groups is 2. The molecule has 1 aliphatic heterocycles. The van der Waals surface area contributed by atoms with Gasteiger partial charge in [0.1, 0.15) is 5.69 Å². The lowest BCUT2D eigenvalue weighted by Crippen LogP contribution is -2.47. The van der Waals surface area contributed by atoms with E-state index in [-0.39, 0.29) is 23.1 Å². The van der Waals surface area contributed by atoms with Gasteiger partial charge in [0.2, 0.25) is 11.8 Å². The van der Waals surface area contributed by atoms with Crippen LogP contribution >= 0.6 is 0 Å². The zero-order chi connectivity index (χ0) is 14.7. The Hall–Kier alpha value is -2.04. The van der Waals surface area contributed by atoms with Crippen molar-refractivity contribution in [2.75, 3.05) is 44.1 Å². The third-order valence-corrected chi connectivity index (χ3v) is 3.14. The van der Waals surface area contributed by atoms with Crippen molar-refractivity contribution in [2.45, 2.75) is 6.92 Å². The van der Waals surface area contributed by atoms with E-state index < -0.39 is 4.92 Å². The molecule has 1 aliphatic rings. The van der Waals surface area contributed by atoms with Crippen molar-refractivity contribution in [3.8, 4) is 0 Å². The lowest BCUT2D eigenvalue weighted by molar-refractivity contribution is -0.385. The molecule has 4 N–H and O–H groups in total. The van der Waals surface area contributed by atoms with Crippen LogP contribution in [-0.4, -0.2) is 58.0 Å². The molecule has 0 aromatic carbocycles. The summed E-state index contributed by atoms with van der Waals surface area (Å²) in [4.78, 5) is 20.8. The van der Waals surface area contributed by atoms with Crippen LogP contribution in [-0.2, 0) is 0 Å². The van der Waals surface area contributed by atoms with Crippen LogP contribution in [0.25, 0.3) is 0 Å². The quantitative estimate of drug-likeness (QED) is 0.382. The van der Waals surface area contributed by atoms with Gasteiger partial charge >= 0.3 is 5.69 Å². The minimum Gasteiger partial charge on any atom is -0.304 e. The first-order valence-corrected chi connectivity index (χ1v) is 6.21. The van der Waals surface area contributed by atoms with Gasteiger partial charge in [0.25, 0.3) is 0 Å². The lowest BCUT2D eigenvalue weighted by atomic mass is 10.3. The van der Waals surface area contributed by atoms with E-state index in [1.54, 1.807) is 6.92 Å². The van der Waals surface area contributed by atoms with Crippen molar-refractivity contribution in [1.82, 2.24) is 19.9 Å². The van der Waals surface area contributed by atoms with Gasteiger partial charge in [0.15, 0.2) is 0 Å². The Morgan fingerprint density at radius 3 is 2.50 bits per heavy atom. The first-order chi connectivity index (χ1) is 9.51. The number of nitrogens with two attached hydrogens (primary N) is 1. The number of rotatable bonds is 4. The van der Waals surface area contributed by atoms with Gasteiger partial charge in [0.05, 0.1) is 4.92 Å². The highest BCUT2D eigenvalue weighted by atomic mass is 16.6. The second-order valence-corrected chi connectivity index (χ2v) is 4.63. The molecule has 1 fully saturated rings. The molecule has 0 unspecified atom stereocenters. The molecule has 1 aromatic heterocycles. The molecular weight excluding hydrogens is 264 g/mol. The van der Waals surface area contributed by atoms with Gasteiger partial charge in [0, 0.05) is 26.2 Å². The molecule has 2 heterocycles. The predicted octanol–water partition coefficient (Wildman–Crippen LogP) is -0.447. The first kappa shape index (κ1) is 14.4. The van der Waals surface area contributed by atoms with E-state index in [9.17, 15) is 10.1 Å². The number of nitrogen functional groups attached to an aromatic ring is 1. The lowest BCUT2D eigenvalue weighted by Gasteiger charge is -2.32. The fourth-order valence-electron chi connectivity index (χ4n) is 2.00. The van der Waals surface area contributed by atoms with Crippen molar-refractivity contribution < 1.29 is 4.92 Å². The summed E-state index contributed by atoms with van der Waals surface area (Å²) in [5.41, 5.74) is 5.41. The number of hydrogen-bond acceptors (Lipinski definition) is 9. The molecule has 1 aromatic rings. The average molecular weight is 282 g/mol. The van der Waals surface area contributed by atoms with Crippen LogP contribution in [0.2, 0.25) is 0 Å². The average Bonchev–Trinajstić information content (AvgIpc) is 2.40. The number of likely N-dealkylation sites (N-methyl/N-ethyl adjacent to an activating group) is 1. The smallest absolute Gasteiger partial charge is 0.304 e. The third kappa shape index (κ3) is 3.10. The highest BCUT2D eigenvalue weighted by Crippen LogP contribution is 2.26. The second kappa shape index (κ2) is 5.94. The summed E-state index contributed by atoms with van der Waals surface area (Å²) in [6.45, 7) is 4.82. The zero-order valence-corrected chi connectivity index (χ0v) is 11.5. The molecule has 0 radical (unpaired) electrons. The van der Waals surface area contributed by atoms with Gasteiger partial charge in [-0.2, -0.15) is 4.98 Å². The molecule has 0 bridgehead atoms. The third-order valence-electron chi connectivity index (χ3n) is 3.14. The fraction of sp³-hybridized carbons (Fsp3) is 0.600. The Balaban J connectivity index is 2.24. The van der Waals surface area contributed by atoms with Gasteiger partial charge in [-0.05, 0) is 14.0 Å². The topological polar surface area (TPSA) is 125 Å². The number of nitrogens with zero attached hydrogens (tertiary/aromatic N) is 5. The number of aromatic nitrogens is 2. The maximum atomic E-state index is 11.1. The van der Waals surface area contributed by atoms with Crippen LogP contribution in [0.5, 0.6) is 0 Å². The van der Waals surface area contributed by atoms with Gasteiger partial charge in [-0.1, -0.05) is 0 Å². The summed E-state index contributed by atoms with van der Waals surface area (Å²) < 4.78 is 0. The van der Waals surface area contributed by atoms with Crippen molar-refractivity contribution >= 4 is 17.5 Å². The minimum atomic E-state index is -0.492. The summed E-state index contributed by atoms with van der Waals surface area (Å²) in [5, 5.41) is 13.0. The molecular formula is C10H18N8O2. The summed E-state index contributed by atoms with van der Waals surface area (Å²) in [7, 11) is 2.03. The summed E-state index contributed by atoms with van der Waals surface area (Å²) in [6, 6.07) is 0. The molecule has 1 saturated heterocycles. The van der Waals surface area contributed by atoms with Gasteiger partial charge in [-0.3, -0.25) is 21.0 Å². The molecule has 10 nitrogen and oxygen atoms in total. The Labute approximate surface area is 116 Å². The van der Waals surface area contributed by atoms with Crippen molar-refractivity contribution in [3.05, 3.63) is 15.8 Å². The Kier molecular flexibility index (Phi) is 4.27. The Morgan fingerprint density at radius 1 is 1.30 bits per heavy atom. The van der Waals surface area contributed by atoms with Crippen molar-refractivity contribution in [3.63, 3.8) is 0 Å². The molecule has 2 rings (SSSR count). The van der Waals surface area contributed by atoms with Crippen LogP contribution in [0.1, 0.15) is 5.69 Å². The summed E-state index contributed by atoms with van der Waals surface area (Å²) >= 11 is 0. The van der Waals surface area contributed by atoms with Crippen LogP contribution in [0.3, 0.4) is 0 Å². The van der Waals surface area contributed by atoms with E-state index in [0.29, 0.717) is 0 Å². The van der Waals surface area contributed by atoms with Gasteiger partial charge in [-0.15, -0.1) is 0 Å². The monoisotopic (exact) mass is 282 g/mol. The van der Waals surface area contributed by atoms with E-state index in [1.165, 1.54) is 0 Å². The standard InChI is InChI=1S/C10H18N8O2/c1-7-8(18(19)20)9(13-10(12-7)14-11)15-17-5-3-16(2)4-6-17/h3-6,11H2,1-2H3,(H2,12,13,14,15). The molecule has 0 saturated carbocycles. The van der Waals surface area contributed by atoms with Crippen molar-refractivity contribution in [1.29, 1.82) is 0 Å². The SMILES string of the molecule is Cc1nc(NN)nc(NN2CCN(C)CC2)c1[N+](=O)[O-]. The molecule has 20 heavy (non-hydrogen) atoms. The zero-order valence-electron chi connectivity index (χ0n) is 11.5. The normalized spacial score (nSPS) is 16.9.